The molecular formula is C14H12BrIN2O2. The highest BCUT2D eigenvalue weighted by molar-refractivity contribution is 14.1. The van der Waals surface area contributed by atoms with Crippen molar-refractivity contribution in [2.24, 2.45) is 0 Å². The van der Waals surface area contributed by atoms with Gasteiger partial charge in [-0.1, -0.05) is 15.9 Å². The van der Waals surface area contributed by atoms with Gasteiger partial charge in [-0.2, -0.15) is 0 Å². The second-order valence-electron chi connectivity index (χ2n) is 3.90. The van der Waals surface area contributed by atoms with Crippen molar-refractivity contribution in [3.8, 4) is 5.88 Å². The summed E-state index contributed by atoms with van der Waals surface area (Å²) < 4.78 is 7.01. The van der Waals surface area contributed by atoms with Crippen molar-refractivity contribution < 1.29 is 9.53 Å². The van der Waals surface area contributed by atoms with E-state index in [0.29, 0.717) is 23.7 Å². The number of rotatable bonds is 4. The predicted octanol–water partition coefficient (Wildman–Crippen LogP) is 4.10. The van der Waals surface area contributed by atoms with Crippen molar-refractivity contribution in [3.05, 3.63) is 50.1 Å². The molecule has 0 radical (unpaired) electrons. The van der Waals surface area contributed by atoms with Crippen LogP contribution in [0.2, 0.25) is 0 Å². The first-order valence-corrected chi connectivity index (χ1v) is 7.82. The number of hydrogen-bond acceptors (Lipinski definition) is 3. The largest absolute Gasteiger partial charge is 0.478 e. The van der Waals surface area contributed by atoms with E-state index in [1.54, 1.807) is 24.4 Å². The van der Waals surface area contributed by atoms with Crippen molar-refractivity contribution in [2.75, 3.05) is 11.9 Å². The highest BCUT2D eigenvalue weighted by Gasteiger charge is 2.11. The van der Waals surface area contributed by atoms with Gasteiger partial charge in [0.05, 0.1) is 24.1 Å². The second kappa shape index (κ2) is 7.03. The fraction of sp³-hybridized carbons (Fsp3) is 0.143. The summed E-state index contributed by atoms with van der Waals surface area (Å²) in [6.07, 6.45) is 1.58. The number of aromatic nitrogens is 1. The third kappa shape index (κ3) is 3.92. The van der Waals surface area contributed by atoms with E-state index >= 15 is 0 Å². The summed E-state index contributed by atoms with van der Waals surface area (Å²) >= 11 is 5.50. The minimum Gasteiger partial charge on any atom is -0.478 e. The smallest absolute Gasteiger partial charge is 0.256 e. The minimum absolute atomic E-state index is 0.165. The summed E-state index contributed by atoms with van der Waals surface area (Å²) in [5.41, 5.74) is 1.25. The zero-order valence-corrected chi connectivity index (χ0v) is 14.4. The molecule has 1 heterocycles. The topological polar surface area (TPSA) is 51.2 Å². The van der Waals surface area contributed by atoms with Gasteiger partial charge < -0.3 is 10.1 Å². The first-order chi connectivity index (χ1) is 9.60. The molecule has 1 N–H and O–H groups in total. The van der Waals surface area contributed by atoms with E-state index in [1.165, 1.54) is 0 Å². The lowest BCUT2D eigenvalue weighted by atomic mass is 10.2. The first kappa shape index (κ1) is 15.2. The normalized spacial score (nSPS) is 10.2. The summed E-state index contributed by atoms with van der Waals surface area (Å²) in [5.74, 6) is 0.379. The van der Waals surface area contributed by atoms with Crippen molar-refractivity contribution >= 4 is 50.1 Å². The number of ether oxygens (including phenoxy) is 1. The third-order valence-corrected chi connectivity index (χ3v) is 3.89. The summed E-state index contributed by atoms with van der Waals surface area (Å²) in [4.78, 5) is 16.3. The summed E-state index contributed by atoms with van der Waals surface area (Å²) in [6, 6.07) is 9.07. The van der Waals surface area contributed by atoms with Gasteiger partial charge in [-0.25, -0.2) is 4.98 Å². The lowest BCUT2D eigenvalue weighted by Gasteiger charge is -2.08. The van der Waals surface area contributed by atoms with Gasteiger partial charge in [0.1, 0.15) is 0 Å². The third-order valence-electron chi connectivity index (χ3n) is 2.46. The van der Waals surface area contributed by atoms with Crippen molar-refractivity contribution in [2.45, 2.75) is 6.92 Å². The average molecular weight is 447 g/mol. The van der Waals surface area contributed by atoms with E-state index in [9.17, 15) is 4.79 Å². The quantitative estimate of drug-likeness (QED) is 0.719. The molecule has 0 saturated carbocycles. The fourth-order valence-corrected chi connectivity index (χ4v) is 2.50. The van der Waals surface area contributed by atoms with E-state index in [4.69, 9.17) is 4.74 Å². The lowest BCUT2D eigenvalue weighted by molar-refractivity contribution is 0.102. The van der Waals surface area contributed by atoms with Crippen LogP contribution >= 0.6 is 38.5 Å². The van der Waals surface area contributed by atoms with Crippen LogP contribution in [-0.4, -0.2) is 17.5 Å². The van der Waals surface area contributed by atoms with Crippen molar-refractivity contribution in [1.82, 2.24) is 4.98 Å². The number of benzene rings is 1. The van der Waals surface area contributed by atoms with Crippen molar-refractivity contribution in [1.29, 1.82) is 0 Å². The molecule has 0 aliphatic rings. The standard InChI is InChI=1S/C14H12BrIN2O2/c1-2-20-13-6-4-10(8-17-13)18-14(19)11-7-9(15)3-5-12(11)16/h3-8H,2H2,1H3,(H,18,19). The van der Waals surface area contributed by atoms with Crippen LogP contribution in [0.5, 0.6) is 5.88 Å². The Bertz CT molecular complexity index is 617. The van der Waals surface area contributed by atoms with Crippen LogP contribution in [0.3, 0.4) is 0 Å². The number of nitrogens with zero attached hydrogens (tertiary/aromatic N) is 1. The number of anilines is 1. The lowest BCUT2D eigenvalue weighted by Crippen LogP contribution is -2.13. The minimum atomic E-state index is -0.165. The molecule has 0 atom stereocenters. The summed E-state index contributed by atoms with van der Waals surface area (Å²) in [5, 5.41) is 2.81. The number of amides is 1. The maximum atomic E-state index is 12.2. The Morgan fingerprint density at radius 2 is 2.20 bits per heavy atom. The van der Waals surface area contributed by atoms with Crippen LogP contribution < -0.4 is 10.1 Å². The molecular weight excluding hydrogens is 435 g/mol. The number of hydrogen-bond donors (Lipinski definition) is 1. The van der Waals surface area contributed by atoms with Gasteiger partial charge in [-0.3, -0.25) is 4.79 Å². The molecule has 0 unspecified atom stereocenters. The molecule has 20 heavy (non-hydrogen) atoms. The van der Waals surface area contributed by atoms with Crippen LogP contribution in [0, 0.1) is 3.57 Å². The van der Waals surface area contributed by atoms with E-state index in [0.717, 1.165) is 8.04 Å². The highest BCUT2D eigenvalue weighted by atomic mass is 127. The zero-order valence-electron chi connectivity index (χ0n) is 10.7. The number of halogens is 2. The number of carbonyl (C=O) groups excluding carboxylic acids is 1. The molecule has 1 amide bonds. The Hall–Kier alpha value is -1.15. The molecule has 2 rings (SSSR count). The maximum absolute atomic E-state index is 12.2. The molecule has 0 saturated heterocycles. The Morgan fingerprint density at radius 3 is 2.85 bits per heavy atom. The number of carbonyl (C=O) groups is 1. The molecule has 2 aromatic rings. The SMILES string of the molecule is CCOc1ccc(NC(=O)c2cc(Br)ccc2I)cn1. The highest BCUT2D eigenvalue weighted by Crippen LogP contribution is 2.20. The van der Waals surface area contributed by atoms with Gasteiger partial charge >= 0.3 is 0 Å². The van der Waals surface area contributed by atoms with E-state index < -0.39 is 0 Å². The Morgan fingerprint density at radius 1 is 1.40 bits per heavy atom. The summed E-state index contributed by atoms with van der Waals surface area (Å²) in [7, 11) is 0. The predicted molar refractivity (Wildman–Crippen MR) is 90.2 cm³/mol. The van der Waals surface area contributed by atoms with Crippen LogP contribution in [0.1, 0.15) is 17.3 Å². The average Bonchev–Trinajstić information content (AvgIpc) is 2.44. The summed E-state index contributed by atoms with van der Waals surface area (Å²) in [6.45, 7) is 2.46. The Kier molecular flexibility index (Phi) is 5.36. The molecule has 0 fully saturated rings. The molecule has 0 bridgehead atoms. The van der Waals surface area contributed by atoms with Crippen LogP contribution in [0.4, 0.5) is 5.69 Å². The molecule has 104 valence electrons. The Balaban J connectivity index is 2.13. The molecule has 6 heteroatoms. The van der Waals surface area contributed by atoms with Crippen LogP contribution in [0.25, 0.3) is 0 Å². The molecule has 4 nitrogen and oxygen atoms in total. The van der Waals surface area contributed by atoms with Crippen LogP contribution in [0.15, 0.2) is 41.0 Å². The molecule has 0 aliphatic heterocycles. The van der Waals surface area contributed by atoms with E-state index in [1.807, 2.05) is 19.1 Å². The van der Waals surface area contributed by atoms with E-state index in [2.05, 4.69) is 48.8 Å². The van der Waals surface area contributed by atoms with Gasteiger partial charge in [-0.05, 0) is 53.8 Å². The van der Waals surface area contributed by atoms with Gasteiger partial charge in [0.15, 0.2) is 0 Å². The Labute approximate surface area is 139 Å². The fourth-order valence-electron chi connectivity index (χ4n) is 1.56. The first-order valence-electron chi connectivity index (χ1n) is 5.95. The molecule has 0 spiro atoms. The monoisotopic (exact) mass is 446 g/mol. The number of nitrogens with one attached hydrogen (secondary N) is 1. The zero-order chi connectivity index (χ0) is 14.5. The van der Waals surface area contributed by atoms with Crippen LogP contribution in [-0.2, 0) is 0 Å². The van der Waals surface area contributed by atoms with Crippen molar-refractivity contribution in [3.63, 3.8) is 0 Å². The van der Waals surface area contributed by atoms with Gasteiger partial charge in [-0.15, -0.1) is 0 Å². The maximum Gasteiger partial charge on any atom is 0.256 e. The second-order valence-corrected chi connectivity index (χ2v) is 5.97. The van der Waals surface area contributed by atoms with Gasteiger partial charge in [0.25, 0.3) is 5.91 Å². The van der Waals surface area contributed by atoms with Gasteiger partial charge in [0, 0.05) is 14.1 Å². The molecule has 1 aromatic heterocycles. The van der Waals surface area contributed by atoms with Gasteiger partial charge in [0.2, 0.25) is 5.88 Å². The number of pyridine rings is 1. The van der Waals surface area contributed by atoms with E-state index in [-0.39, 0.29) is 5.91 Å². The molecule has 0 aliphatic carbocycles. The molecule has 1 aromatic carbocycles.